The van der Waals surface area contributed by atoms with Gasteiger partial charge in [0.15, 0.2) is 0 Å². The summed E-state index contributed by atoms with van der Waals surface area (Å²) in [5, 5.41) is 10.6. The molecule has 104 valence electrons. The van der Waals surface area contributed by atoms with Crippen LogP contribution in [0.3, 0.4) is 0 Å². The first kappa shape index (κ1) is 15.0. The second-order valence-electron chi connectivity index (χ2n) is 3.55. The second kappa shape index (κ2) is 5.73. The summed E-state index contributed by atoms with van der Waals surface area (Å²) in [6, 6.07) is 3.37. The van der Waals surface area contributed by atoms with Crippen molar-refractivity contribution in [2.45, 2.75) is 11.8 Å². The molecule has 0 aliphatic rings. The van der Waals surface area contributed by atoms with Crippen molar-refractivity contribution in [3.63, 3.8) is 0 Å². The number of rotatable bonds is 6. The van der Waals surface area contributed by atoms with E-state index in [2.05, 4.69) is 4.84 Å². The Morgan fingerprint density at radius 2 is 2.16 bits per heavy atom. The van der Waals surface area contributed by atoms with Crippen molar-refractivity contribution in [3.8, 4) is 0 Å². The quantitative estimate of drug-likeness (QED) is 0.539. The number of aryl methyl sites for hydroxylation is 1. The van der Waals surface area contributed by atoms with Crippen molar-refractivity contribution in [1.82, 2.24) is 4.89 Å². The number of hydrogen-bond donors (Lipinski definition) is 2. The third kappa shape index (κ3) is 3.98. The van der Waals surface area contributed by atoms with Crippen LogP contribution in [0.15, 0.2) is 23.1 Å². The zero-order chi connectivity index (χ0) is 14.6. The number of carbonyl (C=O) groups is 1. The molecule has 9 nitrogen and oxygen atoms in total. The highest BCUT2D eigenvalue weighted by atomic mass is 32.2. The summed E-state index contributed by atoms with van der Waals surface area (Å²) in [5.74, 6) is -0.863. The summed E-state index contributed by atoms with van der Waals surface area (Å²) >= 11 is 0. The molecule has 0 heterocycles. The molecule has 0 aromatic heterocycles. The first-order valence-corrected chi connectivity index (χ1v) is 6.39. The fraction of sp³-hybridized carbons (Fsp3) is 0.222. The molecule has 0 radical (unpaired) electrons. The third-order valence-corrected chi connectivity index (χ3v) is 3.41. The van der Waals surface area contributed by atoms with Crippen molar-refractivity contribution in [3.05, 3.63) is 33.9 Å². The number of non-ortho nitro benzene ring substituents is 1. The Labute approximate surface area is 108 Å². The summed E-state index contributed by atoms with van der Waals surface area (Å²) in [6.45, 7) is 0.819. The average molecular weight is 289 g/mol. The normalized spacial score (nSPS) is 11.2. The number of nitrogens with one attached hydrogen (secondary N) is 1. The van der Waals surface area contributed by atoms with Gasteiger partial charge in [0, 0.05) is 12.1 Å². The lowest BCUT2D eigenvalue weighted by Crippen LogP contribution is -2.29. The molecule has 19 heavy (non-hydrogen) atoms. The van der Waals surface area contributed by atoms with E-state index in [0.717, 1.165) is 6.07 Å². The molecule has 0 aliphatic heterocycles. The molecular weight excluding hydrogens is 278 g/mol. The highest BCUT2D eigenvalue weighted by molar-refractivity contribution is 7.89. The Bertz CT molecular complexity index is 612. The van der Waals surface area contributed by atoms with Crippen LogP contribution in [0.2, 0.25) is 0 Å². The van der Waals surface area contributed by atoms with Gasteiger partial charge in [-0.1, -0.05) is 11.0 Å². The first-order valence-electron chi connectivity index (χ1n) is 4.91. The van der Waals surface area contributed by atoms with Crippen LogP contribution in [0.25, 0.3) is 0 Å². The Hall–Kier alpha value is -2.04. The summed E-state index contributed by atoms with van der Waals surface area (Å²) in [7, 11) is -4.13. The van der Waals surface area contributed by atoms with E-state index in [0.29, 0.717) is 5.56 Å². The molecule has 1 aromatic carbocycles. The first-order chi connectivity index (χ1) is 8.74. The van der Waals surface area contributed by atoms with Crippen LogP contribution >= 0.6 is 0 Å². The minimum atomic E-state index is -4.13. The smallest absolute Gasteiger partial charge is 0.270 e. The molecule has 1 aromatic rings. The van der Waals surface area contributed by atoms with Crippen LogP contribution < -0.4 is 10.6 Å². The van der Waals surface area contributed by atoms with E-state index in [1.165, 1.54) is 19.1 Å². The van der Waals surface area contributed by atoms with Crippen LogP contribution in [0, 0.1) is 17.0 Å². The lowest BCUT2D eigenvalue weighted by Gasteiger charge is -2.08. The van der Waals surface area contributed by atoms with Crippen molar-refractivity contribution in [2.24, 2.45) is 5.73 Å². The number of sulfonamides is 1. The van der Waals surface area contributed by atoms with E-state index in [1.54, 1.807) is 4.89 Å². The van der Waals surface area contributed by atoms with Crippen LogP contribution in [-0.4, -0.2) is 25.9 Å². The molecule has 0 spiro atoms. The highest BCUT2D eigenvalue weighted by Gasteiger charge is 2.20. The molecule has 0 aliphatic carbocycles. The topological polar surface area (TPSA) is 142 Å². The number of benzene rings is 1. The molecule has 0 unspecified atom stereocenters. The van der Waals surface area contributed by atoms with Crippen LogP contribution in [0.5, 0.6) is 0 Å². The number of nitro groups is 1. The number of carbonyl (C=O) groups excluding carboxylic acids is 1. The summed E-state index contributed by atoms with van der Waals surface area (Å²) < 4.78 is 23.6. The molecule has 0 atom stereocenters. The molecule has 0 saturated carbocycles. The third-order valence-electron chi connectivity index (χ3n) is 2.06. The van der Waals surface area contributed by atoms with Gasteiger partial charge in [0.05, 0.1) is 9.82 Å². The summed E-state index contributed by atoms with van der Waals surface area (Å²) in [5.41, 5.74) is 4.68. The van der Waals surface area contributed by atoms with E-state index in [4.69, 9.17) is 5.73 Å². The van der Waals surface area contributed by atoms with Gasteiger partial charge in [-0.2, -0.15) is 0 Å². The Kier molecular flexibility index (Phi) is 4.53. The van der Waals surface area contributed by atoms with E-state index in [1.807, 2.05) is 0 Å². The van der Waals surface area contributed by atoms with Crippen LogP contribution in [0.1, 0.15) is 5.56 Å². The molecule has 0 fully saturated rings. The van der Waals surface area contributed by atoms with Gasteiger partial charge in [0.2, 0.25) is 5.91 Å². The minimum Gasteiger partial charge on any atom is -0.368 e. The predicted molar refractivity (Wildman–Crippen MR) is 63.3 cm³/mol. The lowest BCUT2D eigenvalue weighted by atomic mass is 10.2. The van der Waals surface area contributed by atoms with Gasteiger partial charge in [-0.15, -0.1) is 0 Å². The standard InChI is InChI=1S/C9H11N3O6S/c1-6-2-3-7(12(14)15)4-8(6)19(16,17)11-18-5-9(10)13/h2-4,11H,5H2,1H3,(H2,10,13). The molecular formula is C9H11N3O6S. The zero-order valence-electron chi connectivity index (χ0n) is 9.82. The number of amides is 1. The van der Waals surface area contributed by atoms with E-state index >= 15 is 0 Å². The van der Waals surface area contributed by atoms with E-state index in [-0.39, 0.29) is 10.6 Å². The lowest BCUT2D eigenvalue weighted by molar-refractivity contribution is -0.385. The molecule has 0 bridgehead atoms. The van der Waals surface area contributed by atoms with Gasteiger partial charge in [0.1, 0.15) is 6.61 Å². The Balaban J connectivity index is 3.03. The number of primary amides is 1. The van der Waals surface area contributed by atoms with Gasteiger partial charge in [-0.25, -0.2) is 8.42 Å². The molecule has 1 rings (SSSR count). The van der Waals surface area contributed by atoms with Crippen molar-refractivity contribution in [2.75, 3.05) is 6.61 Å². The van der Waals surface area contributed by atoms with Crippen molar-refractivity contribution < 1.29 is 23.0 Å². The van der Waals surface area contributed by atoms with Gasteiger partial charge < -0.3 is 5.73 Å². The number of nitrogens with two attached hydrogens (primary N) is 1. The Morgan fingerprint density at radius 3 is 2.68 bits per heavy atom. The van der Waals surface area contributed by atoms with E-state index < -0.39 is 27.5 Å². The van der Waals surface area contributed by atoms with Crippen molar-refractivity contribution >= 4 is 21.6 Å². The maximum Gasteiger partial charge on any atom is 0.270 e. The molecule has 1 amide bonds. The maximum atomic E-state index is 11.8. The maximum absolute atomic E-state index is 11.8. The summed E-state index contributed by atoms with van der Waals surface area (Å²) in [6.07, 6.45) is 0. The fourth-order valence-electron chi connectivity index (χ4n) is 1.21. The average Bonchev–Trinajstić information content (AvgIpc) is 2.28. The van der Waals surface area contributed by atoms with Gasteiger partial charge in [-0.05, 0) is 12.5 Å². The zero-order valence-corrected chi connectivity index (χ0v) is 10.6. The SMILES string of the molecule is Cc1ccc([N+](=O)[O-])cc1S(=O)(=O)NOCC(N)=O. The van der Waals surface area contributed by atoms with Gasteiger partial charge in [-0.3, -0.25) is 19.7 Å². The van der Waals surface area contributed by atoms with Crippen LogP contribution in [-0.2, 0) is 19.7 Å². The summed E-state index contributed by atoms with van der Waals surface area (Å²) in [4.78, 5) is 26.0. The monoisotopic (exact) mass is 289 g/mol. The second-order valence-corrected chi connectivity index (χ2v) is 5.16. The number of nitrogens with zero attached hydrogens (tertiary/aromatic N) is 1. The number of nitro benzene ring substituents is 1. The number of hydrogen-bond acceptors (Lipinski definition) is 6. The predicted octanol–water partition coefficient (Wildman–Crippen LogP) is -0.402. The Morgan fingerprint density at radius 1 is 1.53 bits per heavy atom. The van der Waals surface area contributed by atoms with Gasteiger partial charge >= 0.3 is 0 Å². The van der Waals surface area contributed by atoms with Gasteiger partial charge in [0.25, 0.3) is 15.7 Å². The van der Waals surface area contributed by atoms with Crippen molar-refractivity contribution in [1.29, 1.82) is 0 Å². The molecule has 10 heteroatoms. The highest BCUT2D eigenvalue weighted by Crippen LogP contribution is 2.21. The molecule has 0 saturated heterocycles. The molecule has 3 N–H and O–H groups in total. The minimum absolute atomic E-state index is 0.292. The van der Waals surface area contributed by atoms with Crippen LogP contribution in [0.4, 0.5) is 5.69 Å². The fourth-order valence-corrected chi connectivity index (χ4v) is 2.29. The van der Waals surface area contributed by atoms with E-state index in [9.17, 15) is 23.3 Å². The largest absolute Gasteiger partial charge is 0.368 e.